The molecule has 0 radical (unpaired) electrons. The fourth-order valence-electron chi connectivity index (χ4n) is 4.26. The largest absolute Gasteiger partial charge is 0.322 e. The van der Waals surface area contributed by atoms with Crippen LogP contribution in [0.15, 0.2) is 54.6 Å². The van der Waals surface area contributed by atoms with Crippen molar-refractivity contribution in [1.29, 1.82) is 0 Å². The number of anilines is 2. The van der Waals surface area contributed by atoms with Gasteiger partial charge < -0.3 is 15.1 Å². The number of aromatic nitrogens is 2. The van der Waals surface area contributed by atoms with E-state index in [4.69, 9.17) is 5.10 Å². The van der Waals surface area contributed by atoms with E-state index in [-0.39, 0.29) is 11.9 Å². The van der Waals surface area contributed by atoms with Gasteiger partial charge in [-0.1, -0.05) is 43.3 Å². The van der Waals surface area contributed by atoms with Gasteiger partial charge in [-0.3, -0.25) is 9.48 Å². The third kappa shape index (κ3) is 4.37. The molecule has 0 unspecified atom stereocenters. The second kappa shape index (κ2) is 9.26. The summed E-state index contributed by atoms with van der Waals surface area (Å²) in [6, 6.07) is 17.4. The number of aryl methyl sites for hydroxylation is 2. The Morgan fingerprint density at radius 2 is 1.81 bits per heavy atom. The average Bonchev–Trinajstić information content (AvgIpc) is 3.12. The SMILES string of the molecule is CCc1ccccc1NC(=O)N1CCc2c(c(CN(C(C)=O)c3ccccc3)nn2C)C1. The molecule has 1 N–H and O–H groups in total. The Morgan fingerprint density at radius 3 is 2.53 bits per heavy atom. The molecule has 1 aliphatic rings. The maximum Gasteiger partial charge on any atom is 0.322 e. The van der Waals surface area contributed by atoms with Gasteiger partial charge in [0.2, 0.25) is 5.91 Å². The summed E-state index contributed by atoms with van der Waals surface area (Å²) in [4.78, 5) is 29.0. The number of carbonyl (C=O) groups is 2. The lowest BCUT2D eigenvalue weighted by Gasteiger charge is -2.29. The Balaban J connectivity index is 1.55. The van der Waals surface area contributed by atoms with Gasteiger partial charge in [-0.15, -0.1) is 0 Å². The summed E-state index contributed by atoms with van der Waals surface area (Å²) in [6.45, 7) is 5.11. The first-order valence-electron chi connectivity index (χ1n) is 11.0. The Morgan fingerprint density at radius 1 is 1.09 bits per heavy atom. The van der Waals surface area contributed by atoms with Gasteiger partial charge in [0.1, 0.15) is 0 Å². The van der Waals surface area contributed by atoms with Gasteiger partial charge in [-0.2, -0.15) is 5.10 Å². The van der Waals surface area contributed by atoms with Crippen LogP contribution in [0.5, 0.6) is 0 Å². The van der Waals surface area contributed by atoms with Crippen LogP contribution in [-0.2, 0) is 37.8 Å². The minimum atomic E-state index is -0.113. The molecule has 4 rings (SSSR count). The molecular weight excluding hydrogens is 402 g/mol. The maximum atomic E-state index is 13.0. The Kier molecular flexibility index (Phi) is 6.25. The number of amides is 3. The molecule has 0 spiro atoms. The summed E-state index contributed by atoms with van der Waals surface area (Å²) in [5.74, 6) is -0.0443. The van der Waals surface area contributed by atoms with Crippen molar-refractivity contribution in [3.63, 3.8) is 0 Å². The van der Waals surface area contributed by atoms with E-state index in [2.05, 4.69) is 12.2 Å². The molecule has 0 atom stereocenters. The minimum Gasteiger partial charge on any atom is -0.320 e. The lowest BCUT2D eigenvalue weighted by molar-refractivity contribution is -0.116. The smallest absolute Gasteiger partial charge is 0.320 e. The zero-order valence-corrected chi connectivity index (χ0v) is 18.8. The van der Waals surface area contributed by atoms with Crippen LogP contribution >= 0.6 is 0 Å². The predicted molar refractivity (Wildman–Crippen MR) is 125 cm³/mol. The first kappa shape index (κ1) is 21.6. The second-order valence-electron chi connectivity index (χ2n) is 8.05. The molecule has 1 aromatic heterocycles. The fraction of sp³-hybridized carbons (Fsp3) is 0.320. The number of carbonyl (C=O) groups excluding carboxylic acids is 2. The van der Waals surface area contributed by atoms with Crippen molar-refractivity contribution in [2.24, 2.45) is 7.05 Å². The van der Waals surface area contributed by atoms with Gasteiger partial charge in [0, 0.05) is 49.6 Å². The number of hydrogen-bond donors (Lipinski definition) is 1. The summed E-state index contributed by atoms with van der Waals surface area (Å²) in [6.07, 6.45) is 1.58. The first-order valence-corrected chi connectivity index (χ1v) is 11.0. The number of para-hydroxylation sites is 2. The summed E-state index contributed by atoms with van der Waals surface area (Å²) < 4.78 is 1.88. The highest BCUT2D eigenvalue weighted by atomic mass is 16.2. The van der Waals surface area contributed by atoms with E-state index in [0.717, 1.165) is 46.7 Å². The molecule has 166 valence electrons. The molecule has 0 saturated heterocycles. The van der Waals surface area contributed by atoms with Crippen LogP contribution in [0.25, 0.3) is 0 Å². The molecule has 7 heteroatoms. The van der Waals surface area contributed by atoms with Crippen LogP contribution in [0, 0.1) is 0 Å². The topological polar surface area (TPSA) is 70.5 Å². The van der Waals surface area contributed by atoms with E-state index in [9.17, 15) is 9.59 Å². The molecular formula is C25H29N5O2. The third-order valence-corrected chi connectivity index (χ3v) is 6.01. The molecule has 1 aliphatic heterocycles. The van der Waals surface area contributed by atoms with Crippen LogP contribution in [0.1, 0.15) is 36.4 Å². The summed E-state index contributed by atoms with van der Waals surface area (Å²) in [5.41, 5.74) is 5.77. The molecule has 7 nitrogen and oxygen atoms in total. The average molecular weight is 432 g/mol. The number of hydrogen-bond acceptors (Lipinski definition) is 3. The van der Waals surface area contributed by atoms with Crippen LogP contribution in [-0.4, -0.2) is 33.2 Å². The van der Waals surface area contributed by atoms with Crippen molar-refractivity contribution in [1.82, 2.24) is 14.7 Å². The Labute approximate surface area is 188 Å². The summed E-state index contributed by atoms with van der Waals surface area (Å²) in [5, 5.41) is 7.78. The highest BCUT2D eigenvalue weighted by Gasteiger charge is 2.28. The zero-order chi connectivity index (χ0) is 22.7. The van der Waals surface area contributed by atoms with E-state index in [1.165, 1.54) is 0 Å². The molecule has 0 aliphatic carbocycles. The van der Waals surface area contributed by atoms with Crippen molar-refractivity contribution in [2.45, 2.75) is 39.8 Å². The van der Waals surface area contributed by atoms with E-state index in [0.29, 0.717) is 19.6 Å². The lowest BCUT2D eigenvalue weighted by atomic mass is 10.0. The number of nitrogens with one attached hydrogen (secondary N) is 1. The molecule has 2 aromatic carbocycles. The van der Waals surface area contributed by atoms with E-state index >= 15 is 0 Å². The van der Waals surface area contributed by atoms with Crippen LogP contribution in [0.4, 0.5) is 16.2 Å². The van der Waals surface area contributed by atoms with Gasteiger partial charge in [0.15, 0.2) is 0 Å². The van der Waals surface area contributed by atoms with Crippen LogP contribution < -0.4 is 10.2 Å². The number of urea groups is 1. The molecule has 32 heavy (non-hydrogen) atoms. The number of benzene rings is 2. The third-order valence-electron chi connectivity index (χ3n) is 6.01. The van der Waals surface area contributed by atoms with Crippen LogP contribution in [0.3, 0.4) is 0 Å². The summed E-state index contributed by atoms with van der Waals surface area (Å²) in [7, 11) is 1.93. The van der Waals surface area contributed by atoms with Crippen LogP contribution in [0.2, 0.25) is 0 Å². The quantitative estimate of drug-likeness (QED) is 0.660. The molecule has 2 heterocycles. The second-order valence-corrected chi connectivity index (χ2v) is 8.05. The zero-order valence-electron chi connectivity index (χ0n) is 18.8. The van der Waals surface area contributed by atoms with Gasteiger partial charge >= 0.3 is 6.03 Å². The van der Waals surface area contributed by atoms with Gasteiger partial charge in [0.25, 0.3) is 0 Å². The predicted octanol–water partition coefficient (Wildman–Crippen LogP) is 4.13. The normalized spacial score (nSPS) is 12.9. The molecule has 3 amide bonds. The van der Waals surface area contributed by atoms with Crippen molar-refractivity contribution in [3.8, 4) is 0 Å². The number of fused-ring (bicyclic) bond motifs is 1. The number of nitrogens with zero attached hydrogens (tertiary/aromatic N) is 4. The molecule has 0 fully saturated rings. The van der Waals surface area contributed by atoms with E-state index < -0.39 is 0 Å². The minimum absolute atomic E-state index is 0.0443. The van der Waals surface area contributed by atoms with Crippen molar-refractivity contribution in [3.05, 3.63) is 77.1 Å². The monoisotopic (exact) mass is 431 g/mol. The maximum absolute atomic E-state index is 13.0. The van der Waals surface area contributed by atoms with Gasteiger partial charge in [-0.25, -0.2) is 4.79 Å². The van der Waals surface area contributed by atoms with Crippen molar-refractivity contribution in [2.75, 3.05) is 16.8 Å². The van der Waals surface area contributed by atoms with E-state index in [1.54, 1.807) is 11.8 Å². The van der Waals surface area contributed by atoms with Crippen molar-refractivity contribution < 1.29 is 9.59 Å². The molecule has 0 bridgehead atoms. The van der Waals surface area contributed by atoms with Crippen molar-refractivity contribution >= 4 is 23.3 Å². The number of rotatable bonds is 5. The highest BCUT2D eigenvalue weighted by Crippen LogP contribution is 2.26. The van der Waals surface area contributed by atoms with Gasteiger partial charge in [0.05, 0.1) is 18.8 Å². The lowest BCUT2D eigenvalue weighted by Crippen LogP contribution is -2.39. The fourth-order valence-corrected chi connectivity index (χ4v) is 4.26. The Hall–Kier alpha value is -3.61. The summed E-state index contributed by atoms with van der Waals surface area (Å²) >= 11 is 0. The standard InChI is InChI=1S/C25H29N5O2/c1-4-19-10-8-9-13-22(19)26-25(32)29-15-14-24-21(16-29)23(27-28(24)3)17-30(18(2)31)20-11-6-5-7-12-20/h5-13H,4,14-17H2,1-3H3,(H,26,32). The van der Waals surface area contributed by atoms with Gasteiger partial charge in [-0.05, 0) is 30.2 Å². The highest BCUT2D eigenvalue weighted by molar-refractivity contribution is 5.91. The van der Waals surface area contributed by atoms with E-state index in [1.807, 2.05) is 71.2 Å². The molecule has 3 aromatic rings. The first-order chi connectivity index (χ1) is 15.5. The molecule has 0 saturated carbocycles. The Bertz CT molecular complexity index is 1120.